The predicted molar refractivity (Wildman–Crippen MR) is 86.1 cm³/mol. The molecule has 2 atom stereocenters. The van der Waals surface area contributed by atoms with Crippen LogP contribution in [0.4, 0.5) is 0 Å². The molecule has 2 aromatic rings. The topological polar surface area (TPSA) is 59.8 Å². The average molecular weight is 366 g/mol. The molecular weight excluding hydrogens is 350 g/mol. The Kier molecular flexibility index (Phi) is 4.06. The number of amides is 1. The van der Waals surface area contributed by atoms with E-state index in [-0.39, 0.29) is 23.7 Å². The van der Waals surface area contributed by atoms with Gasteiger partial charge in [-0.2, -0.15) is 0 Å². The van der Waals surface area contributed by atoms with E-state index in [9.17, 15) is 9.59 Å². The van der Waals surface area contributed by atoms with E-state index in [0.29, 0.717) is 24.1 Å². The molecule has 6 heteroatoms. The van der Waals surface area contributed by atoms with Crippen LogP contribution >= 0.6 is 15.9 Å². The highest BCUT2D eigenvalue weighted by Crippen LogP contribution is 2.20. The molecule has 22 heavy (non-hydrogen) atoms. The van der Waals surface area contributed by atoms with Gasteiger partial charge in [-0.05, 0) is 38.1 Å². The second-order valence-electron chi connectivity index (χ2n) is 5.60. The Bertz CT molecular complexity index is 775. The van der Waals surface area contributed by atoms with Crippen molar-refractivity contribution in [3.05, 3.63) is 44.7 Å². The highest BCUT2D eigenvalue weighted by molar-refractivity contribution is 9.10. The summed E-state index contributed by atoms with van der Waals surface area (Å²) in [6, 6.07) is 6.91. The van der Waals surface area contributed by atoms with Gasteiger partial charge in [0.15, 0.2) is 0 Å². The normalized spacial score (nSPS) is 22.0. The first kappa shape index (κ1) is 15.2. The van der Waals surface area contributed by atoms with Crippen molar-refractivity contribution in [2.75, 3.05) is 13.1 Å². The number of rotatable bonds is 1. The fraction of sp³-hybridized carbons (Fsp3) is 0.375. The summed E-state index contributed by atoms with van der Waals surface area (Å²) in [5.74, 6) is -0.308. The van der Waals surface area contributed by atoms with Gasteiger partial charge in [-0.3, -0.25) is 4.79 Å². The number of carbonyl (C=O) groups excluding carboxylic acids is 1. The molecule has 1 aromatic heterocycles. The van der Waals surface area contributed by atoms with Crippen molar-refractivity contribution < 1.29 is 13.9 Å². The van der Waals surface area contributed by atoms with Crippen molar-refractivity contribution in [3.63, 3.8) is 0 Å². The number of carbonyl (C=O) groups is 1. The van der Waals surface area contributed by atoms with Crippen LogP contribution in [0.25, 0.3) is 11.0 Å². The van der Waals surface area contributed by atoms with E-state index in [4.69, 9.17) is 9.15 Å². The monoisotopic (exact) mass is 365 g/mol. The largest absolute Gasteiger partial charge is 0.422 e. The quantitative estimate of drug-likeness (QED) is 0.729. The molecule has 116 valence electrons. The number of morpholine rings is 1. The van der Waals surface area contributed by atoms with Gasteiger partial charge in [0.05, 0.1) is 12.2 Å². The molecule has 1 amide bonds. The van der Waals surface area contributed by atoms with E-state index >= 15 is 0 Å². The van der Waals surface area contributed by atoms with Gasteiger partial charge in [-0.15, -0.1) is 0 Å². The van der Waals surface area contributed by atoms with E-state index in [1.54, 1.807) is 23.1 Å². The van der Waals surface area contributed by atoms with Gasteiger partial charge in [0.2, 0.25) is 0 Å². The third-order valence-electron chi connectivity index (χ3n) is 3.63. The lowest BCUT2D eigenvalue weighted by molar-refractivity contribution is -0.0587. The number of fused-ring (bicyclic) bond motifs is 1. The number of halogens is 1. The van der Waals surface area contributed by atoms with Gasteiger partial charge >= 0.3 is 5.63 Å². The van der Waals surface area contributed by atoms with Crippen LogP contribution in [0.2, 0.25) is 0 Å². The fourth-order valence-electron chi connectivity index (χ4n) is 2.76. The first-order valence-electron chi connectivity index (χ1n) is 7.12. The maximum atomic E-state index is 12.6. The Labute approximate surface area is 136 Å². The Morgan fingerprint density at radius 2 is 1.91 bits per heavy atom. The Balaban J connectivity index is 2.00. The van der Waals surface area contributed by atoms with Crippen molar-refractivity contribution in [2.24, 2.45) is 0 Å². The number of hydrogen-bond acceptors (Lipinski definition) is 4. The molecule has 0 bridgehead atoms. The van der Waals surface area contributed by atoms with E-state index in [2.05, 4.69) is 15.9 Å². The molecule has 0 saturated carbocycles. The minimum absolute atomic E-state index is 0.0469. The number of benzene rings is 1. The first-order chi connectivity index (χ1) is 10.4. The van der Waals surface area contributed by atoms with Crippen molar-refractivity contribution in [1.82, 2.24) is 4.90 Å². The highest BCUT2D eigenvalue weighted by Gasteiger charge is 2.28. The molecule has 1 fully saturated rings. The summed E-state index contributed by atoms with van der Waals surface area (Å²) in [5.41, 5.74) is -0.0769. The predicted octanol–water partition coefficient (Wildman–Crippen LogP) is 2.80. The van der Waals surface area contributed by atoms with E-state index < -0.39 is 5.63 Å². The summed E-state index contributed by atoms with van der Waals surface area (Å²) < 4.78 is 11.7. The van der Waals surface area contributed by atoms with Crippen LogP contribution in [0.3, 0.4) is 0 Å². The van der Waals surface area contributed by atoms with Crippen molar-refractivity contribution in [1.29, 1.82) is 0 Å². The highest BCUT2D eigenvalue weighted by atomic mass is 79.9. The van der Waals surface area contributed by atoms with Crippen molar-refractivity contribution >= 4 is 32.8 Å². The molecule has 0 spiro atoms. The molecule has 5 nitrogen and oxygen atoms in total. The molecule has 1 saturated heterocycles. The summed E-state index contributed by atoms with van der Waals surface area (Å²) in [6.45, 7) is 4.77. The van der Waals surface area contributed by atoms with Gasteiger partial charge in [-0.1, -0.05) is 15.9 Å². The van der Waals surface area contributed by atoms with Crippen LogP contribution < -0.4 is 5.63 Å². The van der Waals surface area contributed by atoms with Crippen molar-refractivity contribution in [2.45, 2.75) is 26.1 Å². The summed E-state index contributed by atoms with van der Waals surface area (Å²) in [6.07, 6.45) is -0.0938. The Hall–Kier alpha value is -1.66. The third kappa shape index (κ3) is 2.94. The Morgan fingerprint density at radius 3 is 2.59 bits per heavy atom. The standard InChI is InChI=1S/C16H16BrNO4/c1-9-7-18(8-10(2)21-9)15(19)13-6-11-5-12(17)3-4-14(11)22-16(13)20/h3-6,9-10H,7-8H2,1-2H3. The van der Waals surface area contributed by atoms with Gasteiger partial charge in [0.1, 0.15) is 11.1 Å². The second-order valence-corrected chi connectivity index (χ2v) is 6.51. The zero-order valence-corrected chi connectivity index (χ0v) is 13.9. The maximum absolute atomic E-state index is 12.6. The summed E-state index contributed by atoms with van der Waals surface area (Å²) in [4.78, 5) is 26.4. The van der Waals surface area contributed by atoms with Crippen LogP contribution in [-0.2, 0) is 4.74 Å². The lowest BCUT2D eigenvalue weighted by Gasteiger charge is -2.35. The molecule has 3 rings (SSSR count). The molecule has 0 radical (unpaired) electrons. The zero-order chi connectivity index (χ0) is 15.9. The van der Waals surface area contributed by atoms with Gasteiger partial charge in [0.25, 0.3) is 5.91 Å². The van der Waals surface area contributed by atoms with Gasteiger partial charge < -0.3 is 14.1 Å². The lowest BCUT2D eigenvalue weighted by atomic mass is 10.1. The number of nitrogens with zero attached hydrogens (tertiary/aromatic N) is 1. The minimum atomic E-state index is -0.605. The van der Waals surface area contributed by atoms with Gasteiger partial charge in [-0.25, -0.2) is 4.79 Å². The van der Waals surface area contributed by atoms with Crippen LogP contribution in [-0.4, -0.2) is 36.1 Å². The summed E-state index contributed by atoms with van der Waals surface area (Å²) in [5, 5.41) is 0.715. The molecule has 0 N–H and O–H groups in total. The van der Waals surface area contributed by atoms with Crippen LogP contribution in [0.1, 0.15) is 24.2 Å². The Morgan fingerprint density at radius 1 is 1.23 bits per heavy atom. The average Bonchev–Trinajstić information content (AvgIpc) is 2.45. The second kappa shape index (κ2) is 5.85. The first-order valence-corrected chi connectivity index (χ1v) is 7.91. The van der Waals surface area contributed by atoms with Crippen LogP contribution in [0, 0.1) is 0 Å². The molecule has 2 unspecified atom stereocenters. The van der Waals surface area contributed by atoms with E-state index in [1.807, 2.05) is 19.9 Å². The van der Waals surface area contributed by atoms with Gasteiger partial charge in [0, 0.05) is 22.9 Å². The molecule has 2 heterocycles. The third-order valence-corrected chi connectivity index (χ3v) is 4.12. The van der Waals surface area contributed by atoms with E-state index in [0.717, 1.165) is 4.47 Å². The lowest BCUT2D eigenvalue weighted by Crippen LogP contribution is -2.49. The zero-order valence-electron chi connectivity index (χ0n) is 12.3. The SMILES string of the molecule is CC1CN(C(=O)c2cc3cc(Br)ccc3oc2=O)CC(C)O1. The summed E-state index contributed by atoms with van der Waals surface area (Å²) in [7, 11) is 0. The smallest absolute Gasteiger partial charge is 0.349 e. The summed E-state index contributed by atoms with van der Waals surface area (Å²) >= 11 is 3.37. The van der Waals surface area contributed by atoms with Crippen LogP contribution in [0.5, 0.6) is 0 Å². The number of ether oxygens (including phenoxy) is 1. The maximum Gasteiger partial charge on any atom is 0.349 e. The molecule has 1 aromatic carbocycles. The van der Waals surface area contributed by atoms with Crippen molar-refractivity contribution in [3.8, 4) is 0 Å². The molecule has 1 aliphatic heterocycles. The minimum Gasteiger partial charge on any atom is -0.422 e. The fourth-order valence-corrected chi connectivity index (χ4v) is 3.14. The molecule has 0 aliphatic carbocycles. The van der Waals surface area contributed by atoms with Crippen LogP contribution in [0.15, 0.2) is 37.9 Å². The molecular formula is C16H16BrNO4. The molecule has 1 aliphatic rings. The van der Waals surface area contributed by atoms with E-state index in [1.165, 1.54) is 0 Å². The number of hydrogen-bond donors (Lipinski definition) is 0.